The SMILES string of the molecule is CCCN(CCC)CCSc1nnc2c(n1)[nH]c1ccc(C)cc12.[HH]. The molecule has 0 unspecified atom stereocenters. The molecule has 0 saturated carbocycles. The smallest absolute Gasteiger partial charge is 0.211 e. The van der Waals surface area contributed by atoms with Gasteiger partial charge in [-0.05, 0) is 45.0 Å². The Morgan fingerprint density at radius 1 is 1.12 bits per heavy atom. The van der Waals surface area contributed by atoms with E-state index in [0.29, 0.717) is 0 Å². The van der Waals surface area contributed by atoms with Crippen LogP contribution < -0.4 is 0 Å². The standard InChI is InChI=1S/C18H25N5S.H2/c1-4-8-23(9-5-2)10-11-24-18-20-17-16(21-22-18)14-12-13(3)6-7-15(14)19-17;/h6-7,12H,4-5,8-11H2,1-3H3,(H,19,20,22);1H. The first-order valence-electron chi connectivity index (χ1n) is 8.69. The third-order valence-corrected chi connectivity index (χ3v) is 4.89. The van der Waals surface area contributed by atoms with Crippen LogP contribution in [-0.4, -0.2) is 50.5 Å². The van der Waals surface area contributed by atoms with E-state index in [0.717, 1.165) is 52.6 Å². The maximum Gasteiger partial charge on any atom is 0.211 e. The average molecular weight is 346 g/mol. The summed E-state index contributed by atoms with van der Waals surface area (Å²) in [6, 6.07) is 6.30. The molecule has 3 aromatic rings. The van der Waals surface area contributed by atoms with Gasteiger partial charge in [0.05, 0.1) is 0 Å². The number of hydrogen-bond acceptors (Lipinski definition) is 5. The topological polar surface area (TPSA) is 57.7 Å². The van der Waals surface area contributed by atoms with Gasteiger partial charge < -0.3 is 9.88 Å². The molecule has 24 heavy (non-hydrogen) atoms. The molecule has 0 radical (unpaired) electrons. The van der Waals surface area contributed by atoms with Gasteiger partial charge in [-0.1, -0.05) is 37.2 Å². The molecule has 0 fully saturated rings. The van der Waals surface area contributed by atoms with E-state index >= 15 is 0 Å². The number of thioether (sulfide) groups is 1. The summed E-state index contributed by atoms with van der Waals surface area (Å²) >= 11 is 1.68. The van der Waals surface area contributed by atoms with Gasteiger partial charge in [0.2, 0.25) is 5.16 Å². The molecule has 6 heteroatoms. The van der Waals surface area contributed by atoms with E-state index in [4.69, 9.17) is 0 Å². The molecule has 0 amide bonds. The van der Waals surface area contributed by atoms with Gasteiger partial charge in [0.25, 0.3) is 0 Å². The summed E-state index contributed by atoms with van der Waals surface area (Å²) in [5, 5.41) is 10.6. The molecule has 2 heterocycles. The van der Waals surface area contributed by atoms with E-state index in [1.54, 1.807) is 11.8 Å². The molecule has 0 bridgehead atoms. The van der Waals surface area contributed by atoms with Crippen molar-refractivity contribution in [3.63, 3.8) is 0 Å². The maximum absolute atomic E-state index is 4.65. The van der Waals surface area contributed by atoms with Gasteiger partial charge in [0.15, 0.2) is 5.65 Å². The molecule has 1 aromatic carbocycles. The number of hydrogen-bond donors (Lipinski definition) is 1. The van der Waals surface area contributed by atoms with E-state index in [1.165, 1.54) is 18.4 Å². The lowest BCUT2D eigenvalue weighted by Gasteiger charge is -2.20. The van der Waals surface area contributed by atoms with Gasteiger partial charge >= 0.3 is 0 Å². The third-order valence-electron chi connectivity index (χ3n) is 4.07. The number of aromatic nitrogens is 4. The van der Waals surface area contributed by atoms with Crippen molar-refractivity contribution in [1.82, 2.24) is 25.1 Å². The predicted molar refractivity (Wildman–Crippen MR) is 104 cm³/mol. The minimum Gasteiger partial charge on any atom is -0.338 e. The predicted octanol–water partition coefficient (Wildman–Crippen LogP) is 4.27. The van der Waals surface area contributed by atoms with Crippen LogP contribution in [0.2, 0.25) is 0 Å². The minimum absolute atomic E-state index is 0. The lowest BCUT2D eigenvalue weighted by atomic mass is 10.2. The molecule has 1 N–H and O–H groups in total. The Morgan fingerprint density at radius 3 is 2.67 bits per heavy atom. The first kappa shape index (κ1) is 17.2. The Balaban J connectivity index is 0.00000225. The quantitative estimate of drug-likeness (QED) is 0.618. The lowest BCUT2D eigenvalue weighted by molar-refractivity contribution is 0.292. The van der Waals surface area contributed by atoms with E-state index in [9.17, 15) is 0 Å². The fourth-order valence-corrected chi connectivity index (χ4v) is 3.75. The summed E-state index contributed by atoms with van der Waals surface area (Å²) < 4.78 is 0. The van der Waals surface area contributed by atoms with Crippen molar-refractivity contribution >= 4 is 33.8 Å². The Morgan fingerprint density at radius 2 is 1.92 bits per heavy atom. The van der Waals surface area contributed by atoms with Gasteiger partial charge in [-0.25, -0.2) is 4.98 Å². The van der Waals surface area contributed by atoms with Crippen molar-refractivity contribution in [1.29, 1.82) is 0 Å². The highest BCUT2D eigenvalue weighted by Crippen LogP contribution is 2.24. The maximum atomic E-state index is 4.65. The summed E-state index contributed by atoms with van der Waals surface area (Å²) in [5.74, 6) is 0.993. The van der Waals surface area contributed by atoms with Crippen molar-refractivity contribution in [3.05, 3.63) is 23.8 Å². The number of fused-ring (bicyclic) bond motifs is 3. The van der Waals surface area contributed by atoms with E-state index in [-0.39, 0.29) is 1.43 Å². The molecule has 2 aromatic heterocycles. The zero-order valence-corrected chi connectivity index (χ0v) is 15.5. The molecule has 0 aliphatic rings. The first-order valence-corrected chi connectivity index (χ1v) is 9.67. The molecule has 0 atom stereocenters. The van der Waals surface area contributed by atoms with Crippen molar-refractivity contribution < 1.29 is 1.43 Å². The van der Waals surface area contributed by atoms with Gasteiger partial charge in [-0.2, -0.15) is 0 Å². The molecular formula is C18H27N5S. The number of aryl methyl sites for hydroxylation is 1. The highest BCUT2D eigenvalue weighted by Gasteiger charge is 2.10. The van der Waals surface area contributed by atoms with Gasteiger partial charge in [0, 0.05) is 24.6 Å². The van der Waals surface area contributed by atoms with Crippen molar-refractivity contribution in [2.75, 3.05) is 25.4 Å². The van der Waals surface area contributed by atoms with Crippen LogP contribution in [0.25, 0.3) is 22.1 Å². The Bertz CT molecular complexity index is 814. The summed E-state index contributed by atoms with van der Waals surface area (Å²) in [6.07, 6.45) is 2.40. The monoisotopic (exact) mass is 345 g/mol. The second kappa shape index (κ2) is 7.94. The normalized spacial score (nSPS) is 11.8. The highest BCUT2D eigenvalue weighted by molar-refractivity contribution is 7.99. The highest BCUT2D eigenvalue weighted by atomic mass is 32.2. The zero-order chi connectivity index (χ0) is 16.9. The fourth-order valence-electron chi connectivity index (χ4n) is 2.97. The van der Waals surface area contributed by atoms with Gasteiger partial charge in [-0.3, -0.25) is 0 Å². The number of rotatable bonds is 8. The third kappa shape index (κ3) is 3.87. The van der Waals surface area contributed by atoms with Crippen LogP contribution in [-0.2, 0) is 0 Å². The lowest BCUT2D eigenvalue weighted by Crippen LogP contribution is -2.27. The summed E-state index contributed by atoms with van der Waals surface area (Å²) in [4.78, 5) is 10.5. The summed E-state index contributed by atoms with van der Waals surface area (Å²) in [7, 11) is 0. The largest absolute Gasteiger partial charge is 0.338 e. The molecule has 0 aliphatic carbocycles. The Labute approximate surface area is 148 Å². The first-order chi connectivity index (χ1) is 11.7. The van der Waals surface area contributed by atoms with Crippen LogP contribution in [0.3, 0.4) is 0 Å². The number of benzene rings is 1. The van der Waals surface area contributed by atoms with Crippen LogP contribution in [0.5, 0.6) is 0 Å². The second-order valence-corrected chi connectivity index (χ2v) is 7.22. The summed E-state index contributed by atoms with van der Waals surface area (Å²) in [5.41, 5.74) is 3.97. The van der Waals surface area contributed by atoms with E-state index in [1.807, 2.05) is 0 Å². The zero-order valence-electron chi connectivity index (χ0n) is 14.7. The van der Waals surface area contributed by atoms with Crippen molar-refractivity contribution in [2.24, 2.45) is 0 Å². The van der Waals surface area contributed by atoms with E-state index < -0.39 is 0 Å². The van der Waals surface area contributed by atoms with Gasteiger partial charge in [-0.15, -0.1) is 10.2 Å². The molecule has 0 aliphatic heterocycles. The number of H-pyrrole nitrogens is 1. The Hall–Kier alpha value is -1.66. The molecule has 0 saturated heterocycles. The summed E-state index contributed by atoms with van der Waals surface area (Å²) in [6.45, 7) is 9.94. The fraction of sp³-hybridized carbons (Fsp3) is 0.500. The van der Waals surface area contributed by atoms with Crippen LogP contribution in [0.4, 0.5) is 0 Å². The van der Waals surface area contributed by atoms with Crippen molar-refractivity contribution in [3.8, 4) is 0 Å². The van der Waals surface area contributed by atoms with Crippen LogP contribution in [0.1, 0.15) is 33.7 Å². The molecule has 130 valence electrons. The molecule has 3 rings (SSSR count). The average Bonchev–Trinajstić information content (AvgIpc) is 2.92. The molecular weight excluding hydrogens is 318 g/mol. The molecule has 5 nitrogen and oxygen atoms in total. The number of nitrogens with one attached hydrogen (secondary N) is 1. The van der Waals surface area contributed by atoms with Gasteiger partial charge in [0.1, 0.15) is 5.52 Å². The van der Waals surface area contributed by atoms with Crippen LogP contribution in [0, 0.1) is 6.92 Å². The molecule has 0 spiro atoms. The van der Waals surface area contributed by atoms with Crippen LogP contribution in [0.15, 0.2) is 23.4 Å². The van der Waals surface area contributed by atoms with Crippen LogP contribution >= 0.6 is 11.8 Å². The van der Waals surface area contributed by atoms with E-state index in [2.05, 4.69) is 64.0 Å². The second-order valence-electron chi connectivity index (χ2n) is 6.16. The number of aromatic amines is 1. The minimum atomic E-state index is 0. The Kier molecular flexibility index (Phi) is 5.68. The van der Waals surface area contributed by atoms with Crippen molar-refractivity contribution in [2.45, 2.75) is 38.8 Å². The number of nitrogens with zero attached hydrogens (tertiary/aromatic N) is 4.